The predicted molar refractivity (Wildman–Crippen MR) is 86.4 cm³/mol. The van der Waals surface area contributed by atoms with Gasteiger partial charge in [0.05, 0.1) is 5.60 Å². The molecule has 0 unspecified atom stereocenters. The molecule has 1 aromatic rings. The summed E-state index contributed by atoms with van der Waals surface area (Å²) in [6.07, 6.45) is 8.14. The van der Waals surface area contributed by atoms with Crippen molar-refractivity contribution in [2.24, 2.45) is 10.8 Å². The summed E-state index contributed by atoms with van der Waals surface area (Å²) in [4.78, 5) is 0. The molecule has 0 radical (unpaired) electrons. The zero-order chi connectivity index (χ0) is 14.9. The maximum Gasteiger partial charge on any atom is 0.0802 e. The Kier molecular flexibility index (Phi) is 2.58. The van der Waals surface area contributed by atoms with Gasteiger partial charge in [0.25, 0.3) is 0 Å². The van der Waals surface area contributed by atoms with Gasteiger partial charge in [-0.15, -0.1) is 0 Å². The molecule has 2 saturated carbocycles. The lowest BCUT2D eigenvalue weighted by Crippen LogP contribution is -2.68. The van der Waals surface area contributed by atoms with Crippen LogP contribution in [0.25, 0.3) is 0 Å². The van der Waals surface area contributed by atoms with Crippen LogP contribution >= 0.6 is 0 Å². The first-order valence-electron chi connectivity index (χ1n) is 8.67. The minimum atomic E-state index is -0.544. The zero-order valence-electron chi connectivity index (χ0n) is 13.7. The molecule has 0 heterocycles. The molecule has 2 fully saturated rings. The maximum atomic E-state index is 12.0. The Bertz CT molecular complexity index is 593. The zero-order valence-corrected chi connectivity index (χ0v) is 13.7. The molecule has 4 rings (SSSR count). The van der Waals surface area contributed by atoms with Crippen molar-refractivity contribution in [3.63, 3.8) is 0 Å². The molecule has 0 saturated heterocycles. The second kappa shape index (κ2) is 3.93. The number of aliphatic hydroxyl groups is 1. The van der Waals surface area contributed by atoms with Crippen molar-refractivity contribution in [1.29, 1.82) is 0 Å². The molecular weight excluding hydrogens is 256 g/mol. The molecule has 3 aliphatic carbocycles. The van der Waals surface area contributed by atoms with Crippen molar-refractivity contribution in [3.8, 4) is 0 Å². The molecule has 0 aliphatic heterocycles. The number of fused-ring (bicyclic) bond motifs is 5. The van der Waals surface area contributed by atoms with Crippen LogP contribution in [0.3, 0.4) is 0 Å². The largest absolute Gasteiger partial charge is 0.388 e. The standard InChI is InChI=1S/C20H28O/c1-17-10-6-11-19(17,3)20(21)12-9-15-7-4-5-8-16(15)18(20,2)14-13-17/h4-5,7-8,21H,6,9-14H2,1-3H3/t17-,18+,19+,20-/m0/s1. The Morgan fingerprint density at radius 2 is 1.67 bits per heavy atom. The number of hydrogen-bond acceptors (Lipinski definition) is 1. The monoisotopic (exact) mass is 284 g/mol. The Morgan fingerprint density at radius 1 is 0.905 bits per heavy atom. The average molecular weight is 284 g/mol. The average Bonchev–Trinajstić information content (AvgIpc) is 2.79. The van der Waals surface area contributed by atoms with Crippen molar-refractivity contribution >= 4 is 0 Å². The maximum absolute atomic E-state index is 12.0. The van der Waals surface area contributed by atoms with Crippen molar-refractivity contribution < 1.29 is 5.11 Å². The minimum absolute atomic E-state index is 0.0690. The first-order valence-corrected chi connectivity index (χ1v) is 8.67. The van der Waals surface area contributed by atoms with E-state index in [1.807, 2.05) is 0 Å². The summed E-state index contributed by atoms with van der Waals surface area (Å²) in [7, 11) is 0. The minimum Gasteiger partial charge on any atom is -0.388 e. The van der Waals surface area contributed by atoms with E-state index >= 15 is 0 Å². The van der Waals surface area contributed by atoms with E-state index in [1.54, 1.807) is 0 Å². The van der Waals surface area contributed by atoms with E-state index in [4.69, 9.17) is 0 Å². The summed E-state index contributed by atoms with van der Waals surface area (Å²) in [6, 6.07) is 8.85. The molecule has 3 aliphatic rings. The summed E-state index contributed by atoms with van der Waals surface area (Å²) in [5.74, 6) is 0. The van der Waals surface area contributed by atoms with Gasteiger partial charge >= 0.3 is 0 Å². The van der Waals surface area contributed by atoms with Gasteiger partial charge in [-0.05, 0) is 55.1 Å². The van der Waals surface area contributed by atoms with Gasteiger partial charge < -0.3 is 5.11 Å². The van der Waals surface area contributed by atoms with Crippen molar-refractivity contribution in [1.82, 2.24) is 0 Å². The van der Waals surface area contributed by atoms with Crippen LogP contribution in [0.2, 0.25) is 0 Å². The van der Waals surface area contributed by atoms with E-state index in [-0.39, 0.29) is 10.8 Å². The van der Waals surface area contributed by atoms with Gasteiger partial charge in [-0.3, -0.25) is 0 Å². The van der Waals surface area contributed by atoms with E-state index in [9.17, 15) is 5.11 Å². The Labute approximate surface area is 128 Å². The first kappa shape index (κ1) is 13.8. The molecule has 21 heavy (non-hydrogen) atoms. The lowest BCUT2D eigenvalue weighted by Gasteiger charge is -2.66. The highest BCUT2D eigenvalue weighted by molar-refractivity contribution is 5.43. The van der Waals surface area contributed by atoms with Gasteiger partial charge in [0.2, 0.25) is 0 Å². The van der Waals surface area contributed by atoms with Gasteiger partial charge in [0.1, 0.15) is 0 Å². The van der Waals surface area contributed by atoms with Crippen molar-refractivity contribution in [2.75, 3.05) is 0 Å². The SMILES string of the molecule is C[C@@]12CCC[C@@]1(C)[C@]1(O)CCc3ccccc3[C@@]1(C)CC2. The summed E-state index contributed by atoms with van der Waals surface area (Å²) < 4.78 is 0. The van der Waals surface area contributed by atoms with Crippen molar-refractivity contribution in [3.05, 3.63) is 35.4 Å². The van der Waals surface area contributed by atoms with Gasteiger partial charge in [0, 0.05) is 10.8 Å². The van der Waals surface area contributed by atoms with Gasteiger partial charge in [-0.1, -0.05) is 51.5 Å². The van der Waals surface area contributed by atoms with Gasteiger partial charge in [0.15, 0.2) is 0 Å². The molecule has 0 bridgehead atoms. The molecule has 1 heteroatoms. The molecule has 1 N–H and O–H groups in total. The van der Waals surface area contributed by atoms with Crippen LogP contribution in [0.4, 0.5) is 0 Å². The van der Waals surface area contributed by atoms with Crippen LogP contribution in [0.15, 0.2) is 24.3 Å². The summed E-state index contributed by atoms with van der Waals surface area (Å²) in [6.45, 7) is 7.18. The molecule has 0 spiro atoms. The highest BCUT2D eigenvalue weighted by atomic mass is 16.3. The molecule has 1 aromatic carbocycles. The Morgan fingerprint density at radius 3 is 2.48 bits per heavy atom. The second-order valence-electron chi connectivity index (χ2n) is 8.60. The van der Waals surface area contributed by atoms with E-state index in [0.29, 0.717) is 5.41 Å². The first-order chi connectivity index (χ1) is 9.86. The highest BCUT2D eigenvalue weighted by Gasteiger charge is 2.69. The van der Waals surface area contributed by atoms with Crippen LogP contribution in [0, 0.1) is 10.8 Å². The highest BCUT2D eigenvalue weighted by Crippen LogP contribution is 2.71. The van der Waals surface area contributed by atoms with E-state index in [2.05, 4.69) is 45.0 Å². The lowest BCUT2D eigenvalue weighted by atomic mass is 9.41. The molecular formula is C20H28O. The van der Waals surface area contributed by atoms with Crippen LogP contribution in [-0.2, 0) is 11.8 Å². The second-order valence-corrected chi connectivity index (χ2v) is 8.60. The molecule has 114 valence electrons. The Balaban J connectivity index is 1.93. The smallest absolute Gasteiger partial charge is 0.0802 e. The van der Waals surface area contributed by atoms with Gasteiger partial charge in [-0.2, -0.15) is 0 Å². The number of benzene rings is 1. The third-order valence-electron chi connectivity index (χ3n) is 8.11. The topological polar surface area (TPSA) is 20.2 Å². The molecule has 0 aromatic heterocycles. The van der Waals surface area contributed by atoms with Crippen LogP contribution < -0.4 is 0 Å². The molecule has 4 atom stereocenters. The third-order valence-corrected chi connectivity index (χ3v) is 8.11. The fourth-order valence-electron chi connectivity index (χ4n) is 6.36. The van der Waals surface area contributed by atoms with Gasteiger partial charge in [-0.25, -0.2) is 0 Å². The number of hydrogen-bond donors (Lipinski definition) is 1. The normalized spacial score (nSPS) is 48.4. The lowest BCUT2D eigenvalue weighted by molar-refractivity contribution is -0.210. The fourth-order valence-corrected chi connectivity index (χ4v) is 6.36. The predicted octanol–water partition coefficient (Wildman–Crippen LogP) is 4.61. The number of rotatable bonds is 0. The molecule has 1 nitrogen and oxygen atoms in total. The third kappa shape index (κ3) is 1.37. The quantitative estimate of drug-likeness (QED) is 0.737. The summed E-state index contributed by atoms with van der Waals surface area (Å²) in [5, 5.41) is 12.0. The summed E-state index contributed by atoms with van der Waals surface area (Å²) in [5.41, 5.74) is 2.68. The Hall–Kier alpha value is -0.820. The fraction of sp³-hybridized carbons (Fsp3) is 0.700. The number of aryl methyl sites for hydroxylation is 1. The van der Waals surface area contributed by atoms with E-state index in [0.717, 1.165) is 19.3 Å². The summed E-state index contributed by atoms with van der Waals surface area (Å²) >= 11 is 0. The van der Waals surface area contributed by atoms with Crippen LogP contribution in [-0.4, -0.2) is 10.7 Å². The molecule has 0 amide bonds. The van der Waals surface area contributed by atoms with Crippen molar-refractivity contribution in [2.45, 2.75) is 76.7 Å². The van der Waals surface area contributed by atoms with E-state index in [1.165, 1.54) is 36.8 Å². The van der Waals surface area contributed by atoms with Crippen LogP contribution in [0.1, 0.15) is 70.4 Å². The van der Waals surface area contributed by atoms with Crippen LogP contribution in [0.5, 0.6) is 0 Å². The van der Waals surface area contributed by atoms with E-state index < -0.39 is 5.60 Å².